The van der Waals surface area contributed by atoms with Gasteiger partial charge in [-0.15, -0.1) is 0 Å². The smallest absolute Gasteiger partial charge is 0.341 e. The van der Waals surface area contributed by atoms with Crippen molar-refractivity contribution in [2.24, 2.45) is 11.8 Å². The van der Waals surface area contributed by atoms with E-state index < -0.39 is 22.8 Å². The normalized spacial score (nSPS) is 23.9. The summed E-state index contributed by atoms with van der Waals surface area (Å²) < 4.78 is 22.9. The van der Waals surface area contributed by atoms with Crippen LogP contribution in [0.4, 0.5) is 15.8 Å². The molecule has 2 aromatic rings. The van der Waals surface area contributed by atoms with E-state index in [0.717, 1.165) is 32.5 Å². The number of nitrogens with two attached hydrogens (primary N) is 1. The van der Waals surface area contributed by atoms with Crippen molar-refractivity contribution in [2.45, 2.75) is 32.7 Å². The molecule has 1 saturated heterocycles. The number of anilines is 2. The first-order valence-electron chi connectivity index (χ1n) is 12.2. The molecule has 0 amide bonds. The van der Waals surface area contributed by atoms with Crippen molar-refractivity contribution in [3.63, 3.8) is 0 Å². The minimum absolute atomic E-state index is 0.112. The molecule has 3 atom stereocenters. The van der Waals surface area contributed by atoms with Gasteiger partial charge in [-0.1, -0.05) is 25.2 Å². The highest BCUT2D eigenvalue weighted by Crippen LogP contribution is 2.43. The number of benzene rings is 1. The zero-order valence-corrected chi connectivity index (χ0v) is 20.0. The summed E-state index contributed by atoms with van der Waals surface area (Å²) in [5.74, 6) is -0.844. The number of likely N-dealkylation sites (tertiary alicyclic amines) is 1. The highest BCUT2D eigenvalue weighted by molar-refractivity contribution is 6.03. The van der Waals surface area contributed by atoms with Crippen LogP contribution >= 0.6 is 0 Å². The van der Waals surface area contributed by atoms with Crippen LogP contribution < -0.4 is 21.2 Å². The maximum absolute atomic E-state index is 15.4. The molecule has 1 aliphatic carbocycles. The van der Waals surface area contributed by atoms with Gasteiger partial charge in [0.2, 0.25) is 5.43 Å². The highest BCUT2D eigenvalue weighted by Gasteiger charge is 2.31. The fourth-order valence-electron chi connectivity index (χ4n) is 5.35. The number of nitrogens with one attached hydrogen (secondary N) is 1. The first-order valence-corrected chi connectivity index (χ1v) is 12.2. The zero-order chi connectivity index (χ0) is 24.9. The van der Waals surface area contributed by atoms with Crippen LogP contribution in [0.15, 0.2) is 34.8 Å². The number of allylic oxidation sites excluding steroid dienone is 3. The highest BCUT2D eigenvalue weighted by atomic mass is 19.1. The van der Waals surface area contributed by atoms with Crippen molar-refractivity contribution in [1.29, 1.82) is 0 Å². The molecule has 2 aliphatic heterocycles. The van der Waals surface area contributed by atoms with Crippen molar-refractivity contribution in [1.82, 2.24) is 9.47 Å². The summed E-state index contributed by atoms with van der Waals surface area (Å²) >= 11 is 0. The van der Waals surface area contributed by atoms with Gasteiger partial charge in [0.1, 0.15) is 17.9 Å². The lowest BCUT2D eigenvalue weighted by molar-refractivity contribution is 0.0694. The van der Waals surface area contributed by atoms with E-state index in [1.54, 1.807) is 4.57 Å². The molecule has 0 saturated carbocycles. The quantitative estimate of drug-likeness (QED) is 0.540. The summed E-state index contributed by atoms with van der Waals surface area (Å²) in [5.41, 5.74) is 6.29. The minimum Gasteiger partial charge on any atom is -0.487 e. The van der Waals surface area contributed by atoms with Crippen LogP contribution in [0.3, 0.4) is 0 Å². The Hall–Kier alpha value is -3.33. The number of rotatable bonds is 6. The summed E-state index contributed by atoms with van der Waals surface area (Å²) in [5, 5.41) is 12.5. The number of carboxylic acid groups (broad SMARTS) is 1. The van der Waals surface area contributed by atoms with Gasteiger partial charge in [-0.2, -0.15) is 0 Å². The van der Waals surface area contributed by atoms with Crippen LogP contribution in [0.1, 0.15) is 43.1 Å². The third-order valence-corrected chi connectivity index (χ3v) is 7.39. The van der Waals surface area contributed by atoms with E-state index in [-0.39, 0.29) is 35.2 Å². The van der Waals surface area contributed by atoms with E-state index in [9.17, 15) is 14.7 Å². The summed E-state index contributed by atoms with van der Waals surface area (Å²) in [4.78, 5) is 26.8. The summed E-state index contributed by atoms with van der Waals surface area (Å²) in [6.07, 6.45) is 10.4. The average Bonchev–Trinajstić information content (AvgIpc) is 3.30. The summed E-state index contributed by atoms with van der Waals surface area (Å²) in [6, 6.07) is -0.242. The fraction of sp³-hybridized carbons (Fsp3) is 0.462. The Bertz CT molecular complexity index is 1320. The first kappa shape index (κ1) is 23.4. The SMILES string of the molecule is CC1C=CC(C2CCN(CCNc3c(F)c(N)c4c(=O)c(C(=O)O)cn5c4c3OC[C@@H]5C)C2)=CC1. The molecule has 3 heterocycles. The van der Waals surface area contributed by atoms with Crippen LogP contribution in [-0.2, 0) is 0 Å². The molecular formula is C26H31FN4O4. The maximum atomic E-state index is 15.4. The molecule has 5 rings (SSSR count). The van der Waals surface area contributed by atoms with Crippen molar-refractivity contribution in [3.05, 3.63) is 51.6 Å². The number of aromatic carboxylic acids is 1. The molecule has 4 N–H and O–H groups in total. The molecule has 186 valence electrons. The van der Waals surface area contributed by atoms with Gasteiger partial charge in [-0.25, -0.2) is 9.18 Å². The van der Waals surface area contributed by atoms with Gasteiger partial charge in [0.25, 0.3) is 0 Å². The van der Waals surface area contributed by atoms with Crippen molar-refractivity contribution in [2.75, 3.05) is 43.8 Å². The third kappa shape index (κ3) is 4.07. The predicted octanol–water partition coefficient (Wildman–Crippen LogP) is 3.63. The lowest BCUT2D eigenvalue weighted by atomic mass is 9.90. The molecule has 1 aromatic carbocycles. The Kier molecular flexibility index (Phi) is 6.04. The van der Waals surface area contributed by atoms with Crippen LogP contribution in [0, 0.1) is 17.7 Å². The Morgan fingerprint density at radius 1 is 1.37 bits per heavy atom. The molecule has 35 heavy (non-hydrogen) atoms. The molecule has 3 aliphatic rings. The molecule has 8 nitrogen and oxygen atoms in total. The second-order valence-corrected chi connectivity index (χ2v) is 9.89. The van der Waals surface area contributed by atoms with E-state index in [1.807, 2.05) is 6.92 Å². The molecule has 0 bridgehead atoms. The van der Waals surface area contributed by atoms with Gasteiger partial charge < -0.3 is 30.4 Å². The lowest BCUT2D eigenvalue weighted by Crippen LogP contribution is -2.30. The molecule has 9 heteroatoms. The molecule has 1 fully saturated rings. The monoisotopic (exact) mass is 482 g/mol. The molecule has 0 radical (unpaired) electrons. The Labute approximate surface area is 202 Å². The van der Waals surface area contributed by atoms with Crippen LogP contribution in [0.2, 0.25) is 0 Å². The van der Waals surface area contributed by atoms with Crippen LogP contribution in [0.5, 0.6) is 5.75 Å². The van der Waals surface area contributed by atoms with E-state index in [1.165, 1.54) is 11.8 Å². The maximum Gasteiger partial charge on any atom is 0.341 e. The Morgan fingerprint density at radius 2 is 2.17 bits per heavy atom. The number of ether oxygens (including phenoxy) is 1. The van der Waals surface area contributed by atoms with Gasteiger partial charge in [0.15, 0.2) is 11.6 Å². The second kappa shape index (κ2) is 9.03. The topological polar surface area (TPSA) is 110 Å². The van der Waals surface area contributed by atoms with Crippen molar-refractivity contribution >= 4 is 28.2 Å². The summed E-state index contributed by atoms with van der Waals surface area (Å²) in [7, 11) is 0. The van der Waals surface area contributed by atoms with Gasteiger partial charge in [0, 0.05) is 25.8 Å². The number of nitrogen functional groups attached to an aromatic ring is 1. The lowest BCUT2D eigenvalue weighted by Gasteiger charge is -2.29. The molecule has 2 unspecified atom stereocenters. The molecular weight excluding hydrogens is 451 g/mol. The van der Waals surface area contributed by atoms with E-state index in [0.29, 0.717) is 23.9 Å². The van der Waals surface area contributed by atoms with Gasteiger partial charge in [0.05, 0.1) is 22.6 Å². The number of hydrogen-bond donors (Lipinski definition) is 3. The summed E-state index contributed by atoms with van der Waals surface area (Å²) in [6.45, 7) is 7.42. The van der Waals surface area contributed by atoms with Gasteiger partial charge in [-0.3, -0.25) is 4.79 Å². The van der Waals surface area contributed by atoms with Crippen LogP contribution in [-0.4, -0.2) is 53.3 Å². The minimum atomic E-state index is -1.37. The van der Waals surface area contributed by atoms with Gasteiger partial charge in [-0.05, 0) is 43.7 Å². The zero-order valence-electron chi connectivity index (χ0n) is 20.0. The van der Waals surface area contributed by atoms with Crippen molar-refractivity contribution in [3.8, 4) is 5.75 Å². The number of carboxylic acids is 1. The fourth-order valence-corrected chi connectivity index (χ4v) is 5.35. The largest absolute Gasteiger partial charge is 0.487 e. The van der Waals surface area contributed by atoms with Crippen LogP contribution in [0.25, 0.3) is 10.9 Å². The third-order valence-electron chi connectivity index (χ3n) is 7.39. The standard InChI is InChI=1S/C26H31FN4O4/c1-14-3-5-16(6-4-14)17-7-9-30(11-17)10-8-29-22-20(27)21(28)19-23-25(22)35-13-15(2)31(23)12-18(24(19)32)26(33)34/h3,5-6,12,14-15,17,29H,4,7-11,13,28H2,1-2H3,(H,33,34)/t14?,15-,17?/m0/s1. The second-order valence-electron chi connectivity index (χ2n) is 9.89. The first-order chi connectivity index (χ1) is 16.8. The average molecular weight is 483 g/mol. The number of carbonyl (C=O) groups is 1. The molecule has 0 spiro atoms. The Morgan fingerprint density at radius 3 is 2.89 bits per heavy atom. The van der Waals surface area contributed by atoms with E-state index >= 15 is 4.39 Å². The Balaban J connectivity index is 1.38. The predicted molar refractivity (Wildman–Crippen MR) is 134 cm³/mol. The van der Waals surface area contributed by atoms with Gasteiger partial charge >= 0.3 is 5.97 Å². The van der Waals surface area contributed by atoms with E-state index in [4.69, 9.17) is 10.5 Å². The number of nitrogens with zero attached hydrogens (tertiary/aromatic N) is 2. The number of aromatic nitrogens is 1. The number of hydrogen-bond acceptors (Lipinski definition) is 6. The molecule has 1 aromatic heterocycles. The number of pyridine rings is 1. The number of halogens is 1. The van der Waals surface area contributed by atoms with Crippen molar-refractivity contribution < 1.29 is 19.0 Å². The van der Waals surface area contributed by atoms with E-state index in [2.05, 4.69) is 35.4 Å².